The summed E-state index contributed by atoms with van der Waals surface area (Å²) in [5.41, 5.74) is 6.82. The van der Waals surface area contributed by atoms with Crippen LogP contribution in [0.3, 0.4) is 0 Å². The van der Waals surface area contributed by atoms with Gasteiger partial charge in [0.15, 0.2) is 0 Å². The van der Waals surface area contributed by atoms with Gasteiger partial charge in [-0.05, 0) is 48.1 Å². The summed E-state index contributed by atoms with van der Waals surface area (Å²) in [6.45, 7) is 4.17. The SMILES string of the molecule is CCOP(=O)(OCC)[C@H](N)c1ccccc1I. The van der Waals surface area contributed by atoms with Crippen molar-refractivity contribution in [1.29, 1.82) is 0 Å². The molecule has 0 spiro atoms. The van der Waals surface area contributed by atoms with Gasteiger partial charge >= 0.3 is 7.60 Å². The third-order valence-corrected chi connectivity index (χ3v) is 5.36. The van der Waals surface area contributed by atoms with Crippen LogP contribution in [0.1, 0.15) is 25.2 Å². The predicted octanol–water partition coefficient (Wildman–Crippen LogP) is 3.51. The quantitative estimate of drug-likeness (QED) is 0.616. The standard InChI is InChI=1S/C11H17INO3P/c1-3-15-17(14,16-4-2)11(13)9-7-5-6-8-10(9)12/h5-8,11H,3-4,13H2,1-2H3/t11-/m0/s1. The minimum atomic E-state index is -3.29. The Kier molecular flexibility index (Phi) is 6.09. The molecule has 0 heterocycles. The van der Waals surface area contributed by atoms with E-state index in [2.05, 4.69) is 22.6 Å². The fourth-order valence-electron chi connectivity index (χ4n) is 1.44. The van der Waals surface area contributed by atoms with Gasteiger partial charge in [0.2, 0.25) is 0 Å². The lowest BCUT2D eigenvalue weighted by molar-refractivity contribution is 0.212. The van der Waals surface area contributed by atoms with Crippen molar-refractivity contribution in [3.05, 3.63) is 33.4 Å². The summed E-state index contributed by atoms with van der Waals surface area (Å²) >= 11 is 2.16. The topological polar surface area (TPSA) is 61.5 Å². The third kappa shape index (κ3) is 3.76. The molecule has 0 aliphatic carbocycles. The molecule has 0 fully saturated rings. The van der Waals surface area contributed by atoms with Crippen LogP contribution in [0.2, 0.25) is 0 Å². The Morgan fingerprint density at radius 2 is 1.82 bits per heavy atom. The minimum Gasteiger partial charge on any atom is -0.314 e. The fourth-order valence-corrected chi connectivity index (χ4v) is 4.09. The normalized spacial score (nSPS) is 13.6. The highest BCUT2D eigenvalue weighted by Crippen LogP contribution is 2.58. The Labute approximate surface area is 116 Å². The molecule has 2 N–H and O–H groups in total. The van der Waals surface area contributed by atoms with E-state index < -0.39 is 13.4 Å². The molecule has 0 aliphatic heterocycles. The van der Waals surface area contributed by atoms with Crippen LogP contribution in [0.25, 0.3) is 0 Å². The second-order valence-corrected chi connectivity index (χ2v) is 6.66. The smallest absolute Gasteiger partial charge is 0.314 e. The zero-order valence-corrected chi connectivity index (χ0v) is 13.0. The molecule has 1 aromatic carbocycles. The Bertz CT molecular complexity index is 403. The van der Waals surface area contributed by atoms with E-state index in [0.717, 1.165) is 9.13 Å². The number of hydrogen-bond acceptors (Lipinski definition) is 4. The van der Waals surface area contributed by atoms with E-state index in [1.54, 1.807) is 13.8 Å². The van der Waals surface area contributed by atoms with Crippen molar-refractivity contribution >= 4 is 30.2 Å². The first-order valence-electron chi connectivity index (χ1n) is 5.44. The molecule has 0 amide bonds. The van der Waals surface area contributed by atoms with Crippen LogP contribution in [-0.2, 0) is 13.6 Å². The maximum absolute atomic E-state index is 12.5. The molecule has 4 nitrogen and oxygen atoms in total. The second kappa shape index (κ2) is 6.85. The first-order valence-corrected chi connectivity index (χ1v) is 8.13. The number of halogens is 1. The van der Waals surface area contributed by atoms with Crippen LogP contribution >= 0.6 is 30.2 Å². The van der Waals surface area contributed by atoms with Crippen molar-refractivity contribution in [3.8, 4) is 0 Å². The van der Waals surface area contributed by atoms with Crippen molar-refractivity contribution in [1.82, 2.24) is 0 Å². The molecule has 1 aromatic rings. The monoisotopic (exact) mass is 369 g/mol. The molecule has 0 bridgehead atoms. The molecule has 0 aromatic heterocycles. The van der Waals surface area contributed by atoms with E-state index >= 15 is 0 Å². The van der Waals surface area contributed by atoms with Gasteiger partial charge in [0.05, 0.1) is 13.2 Å². The van der Waals surface area contributed by atoms with E-state index in [9.17, 15) is 4.57 Å². The third-order valence-electron chi connectivity index (χ3n) is 2.18. The Morgan fingerprint density at radius 1 is 1.29 bits per heavy atom. The highest BCUT2D eigenvalue weighted by atomic mass is 127. The predicted molar refractivity (Wildman–Crippen MR) is 76.9 cm³/mol. The highest BCUT2D eigenvalue weighted by molar-refractivity contribution is 14.1. The lowest BCUT2D eigenvalue weighted by Gasteiger charge is -2.24. The number of nitrogens with two attached hydrogens (primary N) is 1. The maximum Gasteiger partial charge on any atom is 0.351 e. The van der Waals surface area contributed by atoms with Crippen molar-refractivity contribution in [2.24, 2.45) is 5.73 Å². The van der Waals surface area contributed by atoms with Crippen LogP contribution in [0.15, 0.2) is 24.3 Å². The first-order chi connectivity index (χ1) is 8.05. The molecule has 0 saturated heterocycles. The van der Waals surface area contributed by atoms with Gasteiger partial charge in [-0.3, -0.25) is 4.57 Å². The first kappa shape index (κ1) is 15.1. The van der Waals surface area contributed by atoms with Gasteiger partial charge in [0, 0.05) is 3.57 Å². The molecular formula is C11H17INO3P. The minimum absolute atomic E-state index is 0.314. The van der Waals surface area contributed by atoms with Gasteiger partial charge in [-0.1, -0.05) is 18.2 Å². The summed E-state index contributed by atoms with van der Waals surface area (Å²) in [6.07, 6.45) is 0. The van der Waals surface area contributed by atoms with Gasteiger partial charge in [-0.15, -0.1) is 0 Å². The summed E-state index contributed by atoms with van der Waals surface area (Å²) in [5.74, 6) is -0.740. The molecule has 0 radical (unpaired) electrons. The molecule has 6 heteroatoms. The van der Waals surface area contributed by atoms with E-state index in [0.29, 0.717) is 13.2 Å². The van der Waals surface area contributed by atoms with E-state index in [4.69, 9.17) is 14.8 Å². The zero-order valence-electron chi connectivity index (χ0n) is 9.93. The number of rotatable bonds is 6. The fraction of sp³-hybridized carbons (Fsp3) is 0.455. The van der Waals surface area contributed by atoms with Crippen LogP contribution in [0.5, 0.6) is 0 Å². The van der Waals surface area contributed by atoms with Gasteiger partial charge in [-0.25, -0.2) is 0 Å². The average Bonchev–Trinajstić information content (AvgIpc) is 2.29. The lowest BCUT2D eigenvalue weighted by atomic mass is 10.2. The summed E-state index contributed by atoms with van der Waals surface area (Å²) in [6, 6.07) is 7.53. The lowest BCUT2D eigenvalue weighted by Crippen LogP contribution is -2.16. The Balaban J connectivity index is 3.04. The van der Waals surface area contributed by atoms with E-state index in [1.165, 1.54) is 0 Å². The van der Waals surface area contributed by atoms with E-state index in [-0.39, 0.29) is 0 Å². The second-order valence-electron chi connectivity index (χ2n) is 3.34. The van der Waals surface area contributed by atoms with Gasteiger partial charge in [0.1, 0.15) is 5.78 Å². The number of benzene rings is 1. The van der Waals surface area contributed by atoms with Gasteiger partial charge in [0.25, 0.3) is 0 Å². The molecule has 17 heavy (non-hydrogen) atoms. The average molecular weight is 369 g/mol. The summed E-state index contributed by atoms with van der Waals surface area (Å²) in [4.78, 5) is 0. The molecule has 1 rings (SSSR count). The van der Waals surface area contributed by atoms with Crippen LogP contribution in [0.4, 0.5) is 0 Å². The van der Waals surface area contributed by atoms with Gasteiger partial charge < -0.3 is 14.8 Å². The molecule has 1 atom stereocenters. The van der Waals surface area contributed by atoms with Crippen LogP contribution in [-0.4, -0.2) is 13.2 Å². The molecule has 96 valence electrons. The van der Waals surface area contributed by atoms with Crippen molar-refractivity contribution in [3.63, 3.8) is 0 Å². The van der Waals surface area contributed by atoms with Crippen LogP contribution < -0.4 is 5.73 Å². The number of hydrogen-bond donors (Lipinski definition) is 1. The molecule has 0 saturated carbocycles. The Hall–Kier alpha value is 0.0600. The van der Waals surface area contributed by atoms with Gasteiger partial charge in [-0.2, -0.15) is 0 Å². The van der Waals surface area contributed by atoms with E-state index in [1.807, 2.05) is 24.3 Å². The van der Waals surface area contributed by atoms with Crippen molar-refractivity contribution in [2.45, 2.75) is 19.6 Å². The van der Waals surface area contributed by atoms with Crippen molar-refractivity contribution < 1.29 is 13.6 Å². The maximum atomic E-state index is 12.5. The molecule has 0 unspecified atom stereocenters. The molecular weight excluding hydrogens is 352 g/mol. The van der Waals surface area contributed by atoms with Crippen molar-refractivity contribution in [2.75, 3.05) is 13.2 Å². The molecule has 0 aliphatic rings. The summed E-state index contributed by atoms with van der Waals surface area (Å²) in [5, 5.41) is 0. The summed E-state index contributed by atoms with van der Waals surface area (Å²) in [7, 11) is -3.29. The Morgan fingerprint density at radius 3 is 2.29 bits per heavy atom. The highest BCUT2D eigenvalue weighted by Gasteiger charge is 2.34. The summed E-state index contributed by atoms with van der Waals surface area (Å²) < 4.78 is 23.9. The van der Waals surface area contributed by atoms with Crippen LogP contribution in [0, 0.1) is 3.57 Å². The largest absolute Gasteiger partial charge is 0.351 e. The zero-order chi connectivity index (χ0) is 12.9.